The lowest BCUT2D eigenvalue weighted by Crippen LogP contribution is -2.46. The van der Waals surface area contributed by atoms with Crippen LogP contribution in [0, 0.1) is 17.8 Å². The molecule has 0 saturated carbocycles. The summed E-state index contributed by atoms with van der Waals surface area (Å²) >= 11 is 0. The van der Waals surface area contributed by atoms with E-state index in [1.54, 1.807) is 12.1 Å². The summed E-state index contributed by atoms with van der Waals surface area (Å²) in [5.41, 5.74) is 19.6. The van der Waals surface area contributed by atoms with Crippen LogP contribution < -0.4 is 27.1 Å². The van der Waals surface area contributed by atoms with E-state index in [1.165, 1.54) is 6.20 Å². The summed E-state index contributed by atoms with van der Waals surface area (Å²) in [6.07, 6.45) is 5.21. The Morgan fingerprint density at radius 1 is 1.09 bits per heavy atom. The highest BCUT2D eigenvalue weighted by Crippen LogP contribution is 2.27. The van der Waals surface area contributed by atoms with E-state index in [2.05, 4.69) is 27.1 Å². The number of rotatable bonds is 4. The molecule has 2 aromatic rings. The summed E-state index contributed by atoms with van der Waals surface area (Å²) in [6, 6.07) is 7.90. The highest BCUT2D eigenvalue weighted by molar-refractivity contribution is 5.93. The van der Waals surface area contributed by atoms with Gasteiger partial charge in [-0.1, -0.05) is 17.9 Å². The maximum absolute atomic E-state index is 11.5. The minimum atomic E-state index is -1.24. The van der Waals surface area contributed by atoms with Gasteiger partial charge >= 0.3 is 11.9 Å². The quantitative estimate of drug-likeness (QED) is 0.155. The lowest BCUT2D eigenvalue weighted by Gasteiger charge is -2.25. The predicted octanol–water partition coefficient (Wildman–Crippen LogP) is -0.220. The number of pyridine rings is 1. The average Bonchev–Trinajstić information content (AvgIpc) is 2.77. The van der Waals surface area contributed by atoms with Crippen molar-refractivity contribution in [2.45, 2.75) is 12.5 Å². The summed E-state index contributed by atoms with van der Waals surface area (Å²) in [6.45, 7) is 0. The minimum absolute atomic E-state index is 0.0158. The number of nitrogens with one attached hydrogen (secondary N) is 1. The van der Waals surface area contributed by atoms with Gasteiger partial charge in [0.2, 0.25) is 5.96 Å². The number of carbonyl (C=O) groups is 2. The number of aryl methyl sites for hydroxylation is 1. The molecule has 2 atom stereocenters. The third kappa shape index (κ3) is 5.89. The Bertz CT molecular complexity index is 1270. The molecule has 174 valence electrons. The highest BCUT2D eigenvalue weighted by atomic mass is 16.4. The van der Waals surface area contributed by atoms with Gasteiger partial charge in [0.15, 0.2) is 18.4 Å². The van der Waals surface area contributed by atoms with Crippen molar-refractivity contribution in [2.24, 2.45) is 40.2 Å². The van der Waals surface area contributed by atoms with E-state index in [1.807, 2.05) is 42.2 Å². The molecule has 3 rings (SSSR count). The van der Waals surface area contributed by atoms with Gasteiger partial charge in [-0.25, -0.2) is 14.4 Å². The average molecular weight is 462 g/mol. The minimum Gasteiger partial charge on any atom is -0.481 e. The number of hydrogen-bond acceptors (Lipinski definition) is 4. The molecule has 0 spiro atoms. The lowest BCUT2D eigenvalue weighted by molar-refractivity contribution is -0.671. The SMILES string of the molecule is C[n+]1ccc(-c2ccc(N=C(N)N=C(N)N)cc2C#CC2=CN[C@H](C(=O)O)[C@H](C(=O)O)C2)cc1. The van der Waals surface area contributed by atoms with E-state index < -0.39 is 23.9 Å². The largest absolute Gasteiger partial charge is 0.481 e. The van der Waals surface area contributed by atoms with Crippen LogP contribution in [0.4, 0.5) is 5.69 Å². The summed E-state index contributed by atoms with van der Waals surface area (Å²) in [5, 5.41) is 21.3. The van der Waals surface area contributed by atoms with Gasteiger partial charge in [0.05, 0.1) is 11.6 Å². The summed E-state index contributed by atoms with van der Waals surface area (Å²) < 4.78 is 1.90. The molecule has 11 nitrogen and oxygen atoms in total. The molecule has 0 aliphatic carbocycles. The molecule has 11 heteroatoms. The molecule has 0 saturated heterocycles. The first-order valence-electron chi connectivity index (χ1n) is 10.1. The van der Waals surface area contributed by atoms with E-state index in [9.17, 15) is 19.8 Å². The van der Waals surface area contributed by atoms with Gasteiger partial charge in [-0.05, 0) is 29.7 Å². The second kappa shape index (κ2) is 10.2. The number of hydrogen-bond donors (Lipinski definition) is 6. The fourth-order valence-electron chi connectivity index (χ4n) is 3.36. The Labute approximate surface area is 195 Å². The van der Waals surface area contributed by atoms with Crippen LogP contribution in [0.1, 0.15) is 12.0 Å². The number of nitrogens with zero attached hydrogens (tertiary/aromatic N) is 3. The molecule has 1 aromatic carbocycles. The van der Waals surface area contributed by atoms with Crippen molar-refractivity contribution in [1.29, 1.82) is 0 Å². The zero-order chi connectivity index (χ0) is 24.8. The molecule has 34 heavy (non-hydrogen) atoms. The first-order valence-corrected chi connectivity index (χ1v) is 10.1. The second-order valence-corrected chi connectivity index (χ2v) is 7.54. The number of carboxylic acid groups (broad SMARTS) is 2. The van der Waals surface area contributed by atoms with Crippen molar-refractivity contribution in [3.63, 3.8) is 0 Å². The number of carboxylic acids is 2. The van der Waals surface area contributed by atoms with Gasteiger partial charge in [-0.15, -0.1) is 0 Å². The first kappa shape index (κ1) is 23.8. The Balaban J connectivity index is 2.03. The number of aliphatic imine (C=N–C) groups is 2. The number of allylic oxidation sites excluding steroid dienone is 1. The van der Waals surface area contributed by atoms with E-state index in [4.69, 9.17) is 17.2 Å². The van der Waals surface area contributed by atoms with Crippen LogP contribution in [0.3, 0.4) is 0 Å². The monoisotopic (exact) mass is 462 g/mol. The normalized spacial score (nSPS) is 17.4. The van der Waals surface area contributed by atoms with Crippen molar-refractivity contribution in [3.8, 4) is 23.0 Å². The van der Waals surface area contributed by atoms with Crippen LogP contribution >= 0.6 is 0 Å². The van der Waals surface area contributed by atoms with E-state index in [0.717, 1.165) is 11.1 Å². The summed E-state index contributed by atoms with van der Waals surface area (Å²) in [5.74, 6) is 2.07. The topological polar surface area (TPSA) is 193 Å². The van der Waals surface area contributed by atoms with Gasteiger partial charge in [0.25, 0.3) is 0 Å². The number of aromatic nitrogens is 1. The maximum atomic E-state index is 11.5. The molecule has 0 radical (unpaired) electrons. The van der Waals surface area contributed by atoms with Crippen molar-refractivity contribution in [2.75, 3.05) is 0 Å². The van der Waals surface area contributed by atoms with E-state index >= 15 is 0 Å². The standard InChI is InChI=1S/C23H23N7O4/c1-30-8-6-14(7-9-30)17-5-4-16(28-23(26)29-22(24)25)11-15(17)3-2-13-10-18(20(31)32)19(21(33)34)27-12-13/h4-9,11-12,18-19H,10H2,1H3,(H8,24,25,26,27,28,29,31,32,33,34)/p+1/t18-,19+/m1/s1. The Kier molecular flexibility index (Phi) is 7.13. The fraction of sp³-hybridized carbons (Fsp3) is 0.174. The lowest BCUT2D eigenvalue weighted by atomic mass is 9.89. The maximum Gasteiger partial charge on any atom is 0.327 e. The fourth-order valence-corrected chi connectivity index (χ4v) is 3.36. The third-order valence-corrected chi connectivity index (χ3v) is 5.00. The summed E-state index contributed by atoms with van der Waals surface area (Å²) in [4.78, 5) is 30.7. The van der Waals surface area contributed by atoms with Gasteiger partial charge in [0, 0.05) is 29.5 Å². The molecule has 9 N–H and O–H groups in total. The number of nitrogens with two attached hydrogens (primary N) is 3. The zero-order valence-corrected chi connectivity index (χ0v) is 18.3. The Morgan fingerprint density at radius 3 is 2.41 bits per heavy atom. The van der Waals surface area contributed by atoms with E-state index in [0.29, 0.717) is 16.8 Å². The predicted molar refractivity (Wildman–Crippen MR) is 125 cm³/mol. The number of benzene rings is 1. The van der Waals surface area contributed by atoms with Crippen LogP contribution in [0.15, 0.2) is 64.5 Å². The van der Waals surface area contributed by atoms with Gasteiger partial charge in [0.1, 0.15) is 13.1 Å². The molecule has 0 fully saturated rings. The van der Waals surface area contributed by atoms with Crippen LogP contribution in [-0.4, -0.2) is 40.1 Å². The molecule has 1 aromatic heterocycles. The van der Waals surface area contributed by atoms with Crippen LogP contribution in [-0.2, 0) is 16.6 Å². The van der Waals surface area contributed by atoms with Crippen LogP contribution in [0.5, 0.6) is 0 Å². The van der Waals surface area contributed by atoms with Crippen molar-refractivity contribution < 1.29 is 24.4 Å². The molecule has 2 heterocycles. The first-order chi connectivity index (χ1) is 16.1. The van der Waals surface area contributed by atoms with Crippen molar-refractivity contribution >= 4 is 29.5 Å². The van der Waals surface area contributed by atoms with Gasteiger partial charge < -0.3 is 32.7 Å². The number of guanidine groups is 2. The molecular weight excluding hydrogens is 438 g/mol. The molecule has 0 bridgehead atoms. The molecule has 1 aliphatic rings. The summed E-state index contributed by atoms with van der Waals surface area (Å²) in [7, 11) is 1.90. The van der Waals surface area contributed by atoms with Crippen molar-refractivity contribution in [3.05, 3.63) is 60.1 Å². The second-order valence-electron chi connectivity index (χ2n) is 7.54. The highest BCUT2D eigenvalue weighted by Gasteiger charge is 2.36. The Hall–Kier alpha value is -4.85. The van der Waals surface area contributed by atoms with Crippen molar-refractivity contribution in [1.82, 2.24) is 5.32 Å². The third-order valence-electron chi connectivity index (χ3n) is 5.00. The molecule has 0 unspecified atom stereocenters. The Morgan fingerprint density at radius 2 is 1.79 bits per heavy atom. The van der Waals surface area contributed by atoms with Gasteiger partial charge in [-0.3, -0.25) is 4.79 Å². The van der Waals surface area contributed by atoms with Gasteiger partial charge in [-0.2, -0.15) is 4.99 Å². The molecule has 0 amide bonds. The number of aliphatic carboxylic acids is 2. The molecular formula is C23H24N7O4+. The van der Waals surface area contributed by atoms with Crippen LogP contribution in [0.2, 0.25) is 0 Å². The molecule has 1 aliphatic heterocycles. The smallest absolute Gasteiger partial charge is 0.327 e. The van der Waals surface area contributed by atoms with Crippen LogP contribution in [0.25, 0.3) is 11.1 Å². The zero-order valence-electron chi connectivity index (χ0n) is 18.3. The van der Waals surface area contributed by atoms with E-state index in [-0.39, 0.29) is 18.3 Å².